The minimum atomic E-state index is -4.55. The van der Waals surface area contributed by atoms with E-state index in [2.05, 4.69) is 10.4 Å². The molecule has 0 atom stereocenters. The highest BCUT2D eigenvalue weighted by molar-refractivity contribution is 5.95. The topological polar surface area (TPSA) is 106 Å². The molecule has 8 nitrogen and oxygen atoms in total. The Morgan fingerprint density at radius 3 is 2.62 bits per heavy atom. The fraction of sp³-hybridized carbons (Fsp3) is 0.143. The highest BCUT2D eigenvalue weighted by Crippen LogP contribution is 2.30. The number of nitrogens with one attached hydrogen (secondary N) is 1. The molecule has 2 aromatic carbocycles. The Morgan fingerprint density at radius 2 is 1.94 bits per heavy atom. The average molecular weight is 444 g/mol. The number of nitrogens with zero attached hydrogens (tertiary/aromatic N) is 3. The maximum absolute atomic E-state index is 13.0. The van der Waals surface area contributed by atoms with Crippen LogP contribution in [0.15, 0.2) is 54.7 Å². The van der Waals surface area contributed by atoms with Gasteiger partial charge in [0.1, 0.15) is 0 Å². The van der Waals surface area contributed by atoms with Gasteiger partial charge in [-0.3, -0.25) is 4.79 Å². The highest BCUT2D eigenvalue weighted by atomic mass is 19.4. The molecule has 0 unspecified atom stereocenters. The Labute approximate surface area is 179 Å². The fourth-order valence-corrected chi connectivity index (χ4v) is 2.67. The van der Waals surface area contributed by atoms with E-state index in [0.717, 1.165) is 16.8 Å². The highest BCUT2D eigenvalue weighted by Gasteiger charge is 2.31. The maximum atomic E-state index is 13.0. The molecular weight excluding hydrogens is 429 g/mol. The predicted octanol–water partition coefficient (Wildman–Crippen LogP) is 3.57. The van der Waals surface area contributed by atoms with Gasteiger partial charge in [-0.1, -0.05) is 12.1 Å². The van der Waals surface area contributed by atoms with E-state index in [1.165, 1.54) is 31.5 Å². The molecule has 11 heteroatoms. The standard InChI is InChI=1S/C21H15F3N4O4/c1-31-17-11-28(16-7-3-5-14(9-16)21(22,23)24)27-19(17)20(30)32-12-18(29)26-15-6-2-4-13(8-15)10-25/h2-9,11H,12H2,1H3,(H,26,29). The molecule has 164 valence electrons. The number of rotatable bonds is 6. The lowest BCUT2D eigenvalue weighted by atomic mass is 10.2. The Morgan fingerprint density at radius 1 is 1.19 bits per heavy atom. The average Bonchev–Trinajstić information content (AvgIpc) is 3.22. The molecule has 3 aromatic rings. The number of esters is 1. The van der Waals surface area contributed by atoms with Crippen molar-refractivity contribution >= 4 is 17.6 Å². The van der Waals surface area contributed by atoms with Crippen LogP contribution in [0.4, 0.5) is 18.9 Å². The van der Waals surface area contributed by atoms with Crippen molar-refractivity contribution in [3.8, 4) is 17.5 Å². The van der Waals surface area contributed by atoms with Gasteiger partial charge in [0, 0.05) is 5.69 Å². The van der Waals surface area contributed by atoms with E-state index < -0.39 is 30.2 Å². The molecule has 0 saturated carbocycles. The third-order valence-electron chi connectivity index (χ3n) is 4.14. The van der Waals surface area contributed by atoms with Crippen LogP contribution >= 0.6 is 0 Å². The first kappa shape index (κ1) is 22.4. The van der Waals surface area contributed by atoms with Gasteiger partial charge in [-0.2, -0.15) is 23.5 Å². The summed E-state index contributed by atoms with van der Waals surface area (Å²) < 4.78 is 49.9. The molecule has 0 aliphatic rings. The molecule has 1 aromatic heterocycles. The van der Waals surface area contributed by atoms with E-state index in [1.54, 1.807) is 18.2 Å². The van der Waals surface area contributed by atoms with Crippen molar-refractivity contribution in [3.63, 3.8) is 0 Å². The molecule has 0 saturated heterocycles. The van der Waals surface area contributed by atoms with E-state index in [0.29, 0.717) is 11.3 Å². The molecule has 1 heterocycles. The third-order valence-corrected chi connectivity index (χ3v) is 4.14. The molecule has 0 spiro atoms. The number of anilines is 1. The Kier molecular flexibility index (Phi) is 6.44. The second-order valence-corrected chi connectivity index (χ2v) is 6.36. The van der Waals surface area contributed by atoms with Crippen molar-refractivity contribution in [3.05, 3.63) is 71.5 Å². The molecule has 0 aliphatic carbocycles. The molecule has 1 amide bonds. The summed E-state index contributed by atoms with van der Waals surface area (Å²) in [4.78, 5) is 24.4. The van der Waals surface area contributed by atoms with Crippen LogP contribution in [0, 0.1) is 11.3 Å². The van der Waals surface area contributed by atoms with Crippen molar-refractivity contribution < 1.29 is 32.2 Å². The summed E-state index contributed by atoms with van der Waals surface area (Å²) in [5.74, 6) is -1.72. The van der Waals surface area contributed by atoms with Gasteiger partial charge in [0.25, 0.3) is 5.91 Å². The number of ether oxygens (including phenoxy) is 2. The van der Waals surface area contributed by atoms with Crippen LogP contribution < -0.4 is 10.1 Å². The van der Waals surface area contributed by atoms with Gasteiger partial charge in [0.05, 0.1) is 36.2 Å². The van der Waals surface area contributed by atoms with Gasteiger partial charge in [0.15, 0.2) is 12.4 Å². The molecule has 0 radical (unpaired) electrons. The summed E-state index contributed by atoms with van der Waals surface area (Å²) in [6.45, 7) is -0.658. The normalized spacial score (nSPS) is 10.8. The number of hydrogen-bond donors (Lipinski definition) is 1. The van der Waals surface area contributed by atoms with Crippen molar-refractivity contribution in [2.75, 3.05) is 19.0 Å². The molecular formula is C21H15F3N4O4. The van der Waals surface area contributed by atoms with Gasteiger partial charge >= 0.3 is 12.1 Å². The van der Waals surface area contributed by atoms with Crippen LogP contribution in [0.25, 0.3) is 5.69 Å². The first-order valence-corrected chi connectivity index (χ1v) is 8.99. The third kappa shape index (κ3) is 5.23. The largest absolute Gasteiger partial charge is 0.493 e. The van der Waals surface area contributed by atoms with Crippen LogP contribution in [-0.4, -0.2) is 35.4 Å². The Hall–Kier alpha value is -4.33. The van der Waals surface area contributed by atoms with E-state index in [-0.39, 0.29) is 17.1 Å². The fourth-order valence-electron chi connectivity index (χ4n) is 2.67. The van der Waals surface area contributed by atoms with Gasteiger partial charge in [0.2, 0.25) is 5.69 Å². The van der Waals surface area contributed by atoms with Crippen molar-refractivity contribution in [1.82, 2.24) is 9.78 Å². The summed E-state index contributed by atoms with van der Waals surface area (Å²) in [5.41, 5.74) is -0.469. The van der Waals surface area contributed by atoms with Crippen LogP contribution in [0.5, 0.6) is 5.75 Å². The SMILES string of the molecule is COc1cn(-c2cccc(C(F)(F)F)c2)nc1C(=O)OCC(=O)Nc1cccc(C#N)c1. The number of aromatic nitrogens is 2. The number of alkyl halides is 3. The molecule has 3 rings (SSSR count). The van der Waals surface area contributed by atoms with Crippen LogP contribution in [0.3, 0.4) is 0 Å². The molecule has 1 N–H and O–H groups in total. The first-order chi connectivity index (χ1) is 15.2. The summed E-state index contributed by atoms with van der Waals surface area (Å²) >= 11 is 0. The van der Waals surface area contributed by atoms with Crippen molar-refractivity contribution in [2.24, 2.45) is 0 Å². The zero-order valence-corrected chi connectivity index (χ0v) is 16.5. The number of methoxy groups -OCH3 is 1. The van der Waals surface area contributed by atoms with Crippen LogP contribution in [0.2, 0.25) is 0 Å². The van der Waals surface area contributed by atoms with Gasteiger partial charge in [-0.05, 0) is 36.4 Å². The zero-order valence-electron chi connectivity index (χ0n) is 16.5. The number of carbonyl (C=O) groups excluding carboxylic acids is 2. The first-order valence-electron chi connectivity index (χ1n) is 8.99. The molecule has 0 aliphatic heterocycles. The lowest BCUT2D eigenvalue weighted by Crippen LogP contribution is -2.21. The number of carbonyl (C=O) groups is 2. The molecule has 0 fully saturated rings. The maximum Gasteiger partial charge on any atom is 0.416 e. The summed E-state index contributed by atoms with van der Waals surface area (Å²) in [6.07, 6.45) is -3.32. The second kappa shape index (κ2) is 9.22. The monoisotopic (exact) mass is 444 g/mol. The zero-order chi connectivity index (χ0) is 23.3. The Bertz CT molecular complexity index is 1200. The van der Waals surface area contributed by atoms with Gasteiger partial charge < -0.3 is 14.8 Å². The lowest BCUT2D eigenvalue weighted by Gasteiger charge is -2.08. The van der Waals surface area contributed by atoms with Crippen LogP contribution in [0.1, 0.15) is 21.6 Å². The molecule has 0 bridgehead atoms. The number of hydrogen-bond acceptors (Lipinski definition) is 6. The predicted molar refractivity (Wildman–Crippen MR) is 105 cm³/mol. The van der Waals surface area contributed by atoms with Crippen molar-refractivity contribution in [2.45, 2.75) is 6.18 Å². The quantitative estimate of drug-likeness (QED) is 0.583. The number of amides is 1. The number of nitriles is 1. The molecule has 32 heavy (non-hydrogen) atoms. The van der Waals surface area contributed by atoms with E-state index >= 15 is 0 Å². The Balaban J connectivity index is 1.71. The lowest BCUT2D eigenvalue weighted by molar-refractivity contribution is -0.137. The summed E-state index contributed by atoms with van der Waals surface area (Å²) in [7, 11) is 1.25. The van der Waals surface area contributed by atoms with E-state index in [1.807, 2.05) is 6.07 Å². The summed E-state index contributed by atoms with van der Waals surface area (Å²) in [6, 6.07) is 12.4. The smallest absolute Gasteiger partial charge is 0.416 e. The summed E-state index contributed by atoms with van der Waals surface area (Å²) in [5, 5.41) is 15.3. The van der Waals surface area contributed by atoms with E-state index in [9.17, 15) is 22.8 Å². The van der Waals surface area contributed by atoms with Gasteiger partial charge in [-0.25, -0.2) is 9.48 Å². The number of halogens is 3. The number of benzene rings is 2. The van der Waals surface area contributed by atoms with E-state index in [4.69, 9.17) is 14.7 Å². The van der Waals surface area contributed by atoms with Crippen LogP contribution in [-0.2, 0) is 15.7 Å². The minimum absolute atomic E-state index is 0.0467. The van der Waals surface area contributed by atoms with Gasteiger partial charge in [-0.15, -0.1) is 0 Å². The minimum Gasteiger partial charge on any atom is -0.493 e. The second-order valence-electron chi connectivity index (χ2n) is 6.36. The van der Waals surface area contributed by atoms with Crippen molar-refractivity contribution in [1.29, 1.82) is 5.26 Å².